The van der Waals surface area contributed by atoms with Crippen molar-refractivity contribution in [1.82, 2.24) is 14.7 Å². The standard InChI is InChI=1S/C29H35N3O/c1-3-30(4-2)23-24-15-17-27(18-16-24)29(33)32-21-19-31(20-22-32)28(25-11-7-5-8-12-25)26-13-9-6-10-14-26/h5-18,28H,3-4,19-23H2,1-2H3. The fraction of sp³-hybridized carbons (Fsp3) is 0.345. The molecule has 4 heteroatoms. The Balaban J connectivity index is 1.41. The second-order valence-corrected chi connectivity index (χ2v) is 8.71. The van der Waals surface area contributed by atoms with Gasteiger partial charge in [-0.15, -0.1) is 0 Å². The molecule has 4 nitrogen and oxygen atoms in total. The fourth-order valence-electron chi connectivity index (χ4n) is 4.71. The molecule has 0 aromatic heterocycles. The van der Waals surface area contributed by atoms with Crippen LogP contribution in [0.3, 0.4) is 0 Å². The van der Waals surface area contributed by atoms with E-state index in [1.807, 2.05) is 17.0 Å². The van der Waals surface area contributed by atoms with Crippen molar-refractivity contribution < 1.29 is 4.79 Å². The summed E-state index contributed by atoms with van der Waals surface area (Å²) in [6.07, 6.45) is 0. The zero-order valence-corrected chi connectivity index (χ0v) is 19.9. The quantitative estimate of drug-likeness (QED) is 0.488. The maximum absolute atomic E-state index is 13.2. The minimum absolute atomic E-state index is 0.139. The number of rotatable bonds is 8. The summed E-state index contributed by atoms with van der Waals surface area (Å²) in [4.78, 5) is 20.0. The van der Waals surface area contributed by atoms with Gasteiger partial charge in [0.05, 0.1) is 6.04 Å². The minimum Gasteiger partial charge on any atom is -0.336 e. The molecule has 1 saturated heterocycles. The van der Waals surface area contributed by atoms with E-state index in [1.54, 1.807) is 0 Å². The molecular formula is C29H35N3O. The van der Waals surface area contributed by atoms with Gasteiger partial charge in [0, 0.05) is 38.3 Å². The highest BCUT2D eigenvalue weighted by atomic mass is 16.2. The first-order valence-electron chi connectivity index (χ1n) is 12.1. The third-order valence-corrected chi connectivity index (χ3v) is 6.70. The van der Waals surface area contributed by atoms with E-state index in [4.69, 9.17) is 0 Å². The Bertz CT molecular complexity index is 953. The highest BCUT2D eigenvalue weighted by molar-refractivity contribution is 5.94. The Kier molecular flexibility index (Phi) is 7.92. The Labute approximate surface area is 198 Å². The summed E-state index contributed by atoms with van der Waals surface area (Å²) in [5.74, 6) is 0.139. The lowest BCUT2D eigenvalue weighted by Crippen LogP contribution is -2.49. The highest BCUT2D eigenvalue weighted by Crippen LogP contribution is 2.29. The summed E-state index contributed by atoms with van der Waals surface area (Å²) in [5, 5.41) is 0. The zero-order valence-electron chi connectivity index (χ0n) is 19.9. The molecule has 0 atom stereocenters. The summed E-state index contributed by atoms with van der Waals surface area (Å²) in [7, 11) is 0. The van der Waals surface area contributed by atoms with Crippen LogP contribution < -0.4 is 0 Å². The number of hydrogen-bond acceptors (Lipinski definition) is 3. The lowest BCUT2D eigenvalue weighted by Gasteiger charge is -2.39. The van der Waals surface area contributed by atoms with Gasteiger partial charge in [-0.2, -0.15) is 0 Å². The van der Waals surface area contributed by atoms with E-state index in [-0.39, 0.29) is 11.9 Å². The highest BCUT2D eigenvalue weighted by Gasteiger charge is 2.28. The lowest BCUT2D eigenvalue weighted by atomic mass is 9.96. The third-order valence-electron chi connectivity index (χ3n) is 6.70. The lowest BCUT2D eigenvalue weighted by molar-refractivity contribution is 0.0597. The zero-order chi connectivity index (χ0) is 23.0. The molecule has 0 aliphatic carbocycles. The molecule has 1 fully saturated rings. The van der Waals surface area contributed by atoms with Gasteiger partial charge < -0.3 is 4.90 Å². The van der Waals surface area contributed by atoms with Crippen molar-refractivity contribution in [3.63, 3.8) is 0 Å². The van der Waals surface area contributed by atoms with Gasteiger partial charge in [-0.05, 0) is 41.9 Å². The van der Waals surface area contributed by atoms with E-state index in [1.165, 1.54) is 16.7 Å². The van der Waals surface area contributed by atoms with Crippen molar-refractivity contribution in [3.05, 3.63) is 107 Å². The summed E-state index contributed by atoms with van der Waals surface area (Å²) in [5.41, 5.74) is 4.64. The number of nitrogens with zero attached hydrogens (tertiary/aromatic N) is 3. The molecule has 0 unspecified atom stereocenters. The van der Waals surface area contributed by atoms with E-state index in [2.05, 4.69) is 96.4 Å². The van der Waals surface area contributed by atoms with E-state index >= 15 is 0 Å². The molecule has 3 aromatic carbocycles. The Hall–Kier alpha value is -2.95. The monoisotopic (exact) mass is 441 g/mol. The predicted molar refractivity (Wildman–Crippen MR) is 135 cm³/mol. The maximum Gasteiger partial charge on any atom is 0.253 e. The summed E-state index contributed by atoms with van der Waals surface area (Å²) < 4.78 is 0. The van der Waals surface area contributed by atoms with Gasteiger partial charge in [0.2, 0.25) is 0 Å². The SMILES string of the molecule is CCN(CC)Cc1ccc(C(=O)N2CCN(C(c3ccccc3)c3ccccc3)CC2)cc1. The minimum atomic E-state index is 0.139. The summed E-state index contributed by atoms with van der Waals surface area (Å²) in [6.45, 7) is 10.6. The van der Waals surface area contributed by atoms with Crippen LogP contribution in [-0.2, 0) is 6.54 Å². The Morgan fingerprint density at radius 3 is 1.76 bits per heavy atom. The second kappa shape index (κ2) is 11.3. The summed E-state index contributed by atoms with van der Waals surface area (Å²) >= 11 is 0. The van der Waals surface area contributed by atoms with E-state index in [0.29, 0.717) is 0 Å². The van der Waals surface area contributed by atoms with Gasteiger partial charge in [-0.1, -0.05) is 86.6 Å². The topological polar surface area (TPSA) is 26.8 Å². The maximum atomic E-state index is 13.2. The van der Waals surface area contributed by atoms with Crippen molar-refractivity contribution in [1.29, 1.82) is 0 Å². The molecular weight excluding hydrogens is 406 g/mol. The van der Waals surface area contributed by atoms with Crippen LogP contribution in [0.4, 0.5) is 0 Å². The molecule has 33 heavy (non-hydrogen) atoms. The van der Waals surface area contributed by atoms with Crippen LogP contribution in [0.25, 0.3) is 0 Å². The molecule has 0 N–H and O–H groups in total. The van der Waals surface area contributed by atoms with Gasteiger partial charge >= 0.3 is 0 Å². The predicted octanol–water partition coefficient (Wildman–Crippen LogP) is 5.08. The smallest absolute Gasteiger partial charge is 0.253 e. The first-order valence-corrected chi connectivity index (χ1v) is 12.1. The van der Waals surface area contributed by atoms with Crippen LogP contribution in [0.5, 0.6) is 0 Å². The molecule has 0 bridgehead atoms. The first kappa shape index (κ1) is 23.2. The van der Waals surface area contributed by atoms with Gasteiger partial charge in [0.1, 0.15) is 0 Å². The molecule has 4 rings (SSSR count). The van der Waals surface area contributed by atoms with Crippen LogP contribution in [0.15, 0.2) is 84.9 Å². The number of piperazine rings is 1. The number of benzene rings is 3. The van der Waals surface area contributed by atoms with Crippen molar-refractivity contribution in [2.45, 2.75) is 26.4 Å². The number of carbonyl (C=O) groups is 1. The summed E-state index contributed by atoms with van der Waals surface area (Å²) in [6, 6.07) is 29.8. The first-order chi connectivity index (χ1) is 16.2. The Morgan fingerprint density at radius 1 is 0.758 bits per heavy atom. The number of hydrogen-bond donors (Lipinski definition) is 0. The van der Waals surface area contributed by atoms with Crippen LogP contribution in [-0.4, -0.2) is 59.9 Å². The van der Waals surface area contributed by atoms with Gasteiger partial charge in [-0.3, -0.25) is 14.6 Å². The molecule has 0 spiro atoms. The van der Waals surface area contributed by atoms with Gasteiger partial charge in [-0.25, -0.2) is 0 Å². The number of carbonyl (C=O) groups excluding carboxylic acids is 1. The van der Waals surface area contributed by atoms with Gasteiger partial charge in [0.15, 0.2) is 0 Å². The average molecular weight is 442 g/mol. The average Bonchev–Trinajstić information content (AvgIpc) is 2.89. The van der Waals surface area contributed by atoms with Crippen LogP contribution in [0.2, 0.25) is 0 Å². The molecule has 0 saturated carbocycles. The van der Waals surface area contributed by atoms with E-state index < -0.39 is 0 Å². The third kappa shape index (κ3) is 5.70. The van der Waals surface area contributed by atoms with Crippen molar-refractivity contribution >= 4 is 5.91 Å². The molecule has 1 aliphatic heterocycles. The molecule has 1 heterocycles. The van der Waals surface area contributed by atoms with Crippen LogP contribution in [0.1, 0.15) is 46.9 Å². The molecule has 1 amide bonds. The van der Waals surface area contributed by atoms with Crippen molar-refractivity contribution in [2.75, 3.05) is 39.3 Å². The largest absolute Gasteiger partial charge is 0.336 e. The van der Waals surface area contributed by atoms with Crippen LogP contribution in [0, 0.1) is 0 Å². The molecule has 0 radical (unpaired) electrons. The van der Waals surface area contributed by atoms with Crippen molar-refractivity contribution in [2.24, 2.45) is 0 Å². The molecule has 1 aliphatic rings. The van der Waals surface area contributed by atoms with Crippen LogP contribution >= 0.6 is 0 Å². The normalized spacial score (nSPS) is 14.7. The van der Waals surface area contributed by atoms with E-state index in [9.17, 15) is 4.79 Å². The second-order valence-electron chi connectivity index (χ2n) is 8.71. The molecule has 172 valence electrons. The number of amides is 1. The fourth-order valence-corrected chi connectivity index (χ4v) is 4.71. The van der Waals surface area contributed by atoms with Gasteiger partial charge in [0.25, 0.3) is 5.91 Å². The molecule has 3 aromatic rings. The van der Waals surface area contributed by atoms with Crippen molar-refractivity contribution in [3.8, 4) is 0 Å². The Morgan fingerprint density at radius 2 is 1.27 bits per heavy atom. The van der Waals surface area contributed by atoms with E-state index in [0.717, 1.165) is 51.4 Å².